The molecule has 0 N–H and O–H groups in total. The predicted molar refractivity (Wildman–Crippen MR) is 70.8 cm³/mol. The van der Waals surface area contributed by atoms with Crippen LogP contribution in [0.25, 0.3) is 0 Å². The molecule has 3 heteroatoms. The van der Waals surface area contributed by atoms with Gasteiger partial charge in [-0.2, -0.15) is 0 Å². The predicted octanol–water partition coefficient (Wildman–Crippen LogP) is 3.30. The molecule has 0 radical (unpaired) electrons. The molecule has 0 aromatic rings. The third-order valence-corrected chi connectivity index (χ3v) is 3.23. The van der Waals surface area contributed by atoms with Gasteiger partial charge in [0.15, 0.2) is 0 Å². The summed E-state index contributed by atoms with van der Waals surface area (Å²) in [6.45, 7) is 7.83. The molecule has 0 heterocycles. The lowest BCUT2D eigenvalue weighted by atomic mass is 10.1. The smallest absolute Gasteiger partial charge is 0.0462 e. The minimum absolute atomic E-state index is 0.755. The Kier molecular flexibility index (Phi) is 11.2. The summed E-state index contributed by atoms with van der Waals surface area (Å²) in [6.07, 6.45) is 4.94. The normalized spacial score (nSPS) is 11.6. The van der Waals surface area contributed by atoms with Gasteiger partial charge < -0.3 is 4.74 Å². The van der Waals surface area contributed by atoms with E-state index in [-0.39, 0.29) is 0 Å². The molecule has 0 bridgehead atoms. The fourth-order valence-electron chi connectivity index (χ4n) is 1.95. The van der Waals surface area contributed by atoms with Gasteiger partial charge in [-0.15, -0.1) is 0 Å². The molecule has 0 fully saturated rings. The highest BCUT2D eigenvalue weighted by Gasteiger charge is 2.13. The topological polar surface area (TPSA) is 12.5 Å². The van der Waals surface area contributed by atoms with Gasteiger partial charge >= 0.3 is 0 Å². The summed E-state index contributed by atoms with van der Waals surface area (Å²) in [5, 5.41) is 1.08. The Morgan fingerprint density at radius 1 is 1.13 bits per heavy atom. The highest BCUT2D eigenvalue weighted by molar-refractivity contribution is 9.09. The van der Waals surface area contributed by atoms with E-state index in [1.807, 2.05) is 0 Å². The third kappa shape index (κ3) is 7.31. The van der Waals surface area contributed by atoms with Crippen LogP contribution in [0.3, 0.4) is 0 Å². The van der Waals surface area contributed by atoms with Crippen molar-refractivity contribution < 1.29 is 4.74 Å². The van der Waals surface area contributed by atoms with Crippen molar-refractivity contribution in [2.45, 2.75) is 45.6 Å². The first kappa shape index (κ1) is 15.4. The molecule has 0 amide bonds. The van der Waals surface area contributed by atoms with Crippen molar-refractivity contribution in [3.8, 4) is 0 Å². The van der Waals surface area contributed by atoms with Gasteiger partial charge in [0, 0.05) is 31.6 Å². The van der Waals surface area contributed by atoms with Crippen molar-refractivity contribution in [1.82, 2.24) is 4.90 Å². The molecule has 0 atom stereocenters. The Morgan fingerprint density at radius 2 is 1.80 bits per heavy atom. The van der Waals surface area contributed by atoms with Crippen molar-refractivity contribution in [1.29, 1.82) is 0 Å². The standard InChI is InChI=1S/C12H26BrNO/c1-4-12(5-2)14(10-8-13)9-6-7-11-15-3/h12H,4-11H2,1-3H3. The maximum atomic E-state index is 5.07. The van der Waals surface area contributed by atoms with E-state index < -0.39 is 0 Å². The second-order valence-electron chi connectivity index (χ2n) is 3.90. The first-order chi connectivity index (χ1) is 7.29. The van der Waals surface area contributed by atoms with Crippen molar-refractivity contribution >= 4 is 15.9 Å². The number of hydrogen-bond acceptors (Lipinski definition) is 2. The molecule has 0 aliphatic carbocycles. The van der Waals surface area contributed by atoms with Crippen LogP contribution in [-0.4, -0.2) is 43.1 Å². The summed E-state index contributed by atoms with van der Waals surface area (Å²) in [6, 6.07) is 0.755. The zero-order chi connectivity index (χ0) is 11.5. The molecular formula is C12H26BrNO. The molecule has 0 unspecified atom stereocenters. The molecule has 2 nitrogen and oxygen atoms in total. The first-order valence-corrected chi connectivity index (χ1v) is 7.21. The molecule has 0 aliphatic heterocycles. The molecule has 0 aliphatic rings. The van der Waals surface area contributed by atoms with E-state index in [4.69, 9.17) is 4.74 Å². The average Bonchev–Trinajstić information content (AvgIpc) is 2.26. The molecule has 0 spiro atoms. The van der Waals surface area contributed by atoms with Crippen LogP contribution in [0.4, 0.5) is 0 Å². The van der Waals surface area contributed by atoms with Crippen LogP contribution in [0.5, 0.6) is 0 Å². The quantitative estimate of drug-likeness (QED) is 0.450. The summed E-state index contributed by atoms with van der Waals surface area (Å²) in [5.74, 6) is 0. The molecule has 0 saturated heterocycles. The first-order valence-electron chi connectivity index (χ1n) is 6.09. The van der Waals surface area contributed by atoms with Crippen LogP contribution in [0.2, 0.25) is 0 Å². The van der Waals surface area contributed by atoms with Crippen LogP contribution >= 0.6 is 15.9 Å². The maximum absolute atomic E-state index is 5.07. The Balaban J connectivity index is 3.80. The average molecular weight is 280 g/mol. The van der Waals surface area contributed by atoms with Crippen molar-refractivity contribution in [2.75, 3.05) is 32.1 Å². The van der Waals surface area contributed by atoms with E-state index in [1.54, 1.807) is 7.11 Å². The molecule has 0 saturated carbocycles. The number of methoxy groups -OCH3 is 1. The summed E-state index contributed by atoms with van der Waals surface area (Å²) < 4.78 is 5.07. The van der Waals surface area contributed by atoms with E-state index in [0.717, 1.165) is 18.0 Å². The molecule has 0 aromatic carbocycles. The van der Waals surface area contributed by atoms with Crippen LogP contribution in [0.1, 0.15) is 39.5 Å². The summed E-state index contributed by atoms with van der Waals surface area (Å²) in [5.41, 5.74) is 0. The van der Waals surface area contributed by atoms with Gasteiger partial charge in [0.2, 0.25) is 0 Å². The van der Waals surface area contributed by atoms with Gasteiger partial charge in [-0.25, -0.2) is 0 Å². The lowest BCUT2D eigenvalue weighted by Crippen LogP contribution is -2.36. The highest BCUT2D eigenvalue weighted by atomic mass is 79.9. The van der Waals surface area contributed by atoms with Crippen molar-refractivity contribution in [2.24, 2.45) is 0 Å². The fraction of sp³-hybridized carbons (Fsp3) is 1.00. The number of rotatable bonds is 10. The number of ether oxygens (including phenoxy) is 1. The number of unbranched alkanes of at least 4 members (excludes halogenated alkanes) is 1. The summed E-state index contributed by atoms with van der Waals surface area (Å²) >= 11 is 3.53. The van der Waals surface area contributed by atoms with Crippen LogP contribution in [0, 0.1) is 0 Å². The van der Waals surface area contributed by atoms with E-state index in [2.05, 4.69) is 34.7 Å². The Bertz CT molecular complexity index is 129. The van der Waals surface area contributed by atoms with Gasteiger partial charge in [-0.05, 0) is 32.2 Å². The van der Waals surface area contributed by atoms with E-state index in [0.29, 0.717) is 0 Å². The largest absolute Gasteiger partial charge is 0.385 e. The number of hydrogen-bond donors (Lipinski definition) is 0. The second-order valence-corrected chi connectivity index (χ2v) is 4.69. The second kappa shape index (κ2) is 10.9. The Morgan fingerprint density at radius 3 is 2.27 bits per heavy atom. The van der Waals surface area contributed by atoms with Gasteiger partial charge in [0.25, 0.3) is 0 Å². The minimum atomic E-state index is 0.755. The van der Waals surface area contributed by atoms with Crippen molar-refractivity contribution in [3.05, 3.63) is 0 Å². The van der Waals surface area contributed by atoms with E-state index in [9.17, 15) is 0 Å². The van der Waals surface area contributed by atoms with Crippen molar-refractivity contribution in [3.63, 3.8) is 0 Å². The Hall–Kier alpha value is 0.400. The van der Waals surface area contributed by atoms with Gasteiger partial charge in [0.05, 0.1) is 0 Å². The van der Waals surface area contributed by atoms with Crippen LogP contribution in [-0.2, 0) is 4.74 Å². The van der Waals surface area contributed by atoms with Gasteiger partial charge in [-0.1, -0.05) is 29.8 Å². The zero-order valence-corrected chi connectivity index (χ0v) is 12.1. The van der Waals surface area contributed by atoms with Crippen LogP contribution < -0.4 is 0 Å². The third-order valence-electron chi connectivity index (χ3n) is 2.87. The van der Waals surface area contributed by atoms with Gasteiger partial charge in [-0.3, -0.25) is 4.90 Å². The van der Waals surface area contributed by atoms with Crippen LogP contribution in [0.15, 0.2) is 0 Å². The minimum Gasteiger partial charge on any atom is -0.385 e. The Labute approximate surface area is 103 Å². The highest BCUT2D eigenvalue weighted by Crippen LogP contribution is 2.10. The number of halogens is 1. The molecule has 92 valence electrons. The monoisotopic (exact) mass is 279 g/mol. The molecule has 15 heavy (non-hydrogen) atoms. The lowest BCUT2D eigenvalue weighted by Gasteiger charge is -2.29. The molecule has 0 rings (SSSR count). The number of alkyl halides is 1. The van der Waals surface area contributed by atoms with Gasteiger partial charge in [0.1, 0.15) is 0 Å². The summed E-state index contributed by atoms with van der Waals surface area (Å²) in [4.78, 5) is 2.60. The summed E-state index contributed by atoms with van der Waals surface area (Å²) in [7, 11) is 1.77. The zero-order valence-electron chi connectivity index (χ0n) is 10.5. The molecular weight excluding hydrogens is 254 g/mol. The van der Waals surface area contributed by atoms with E-state index >= 15 is 0 Å². The lowest BCUT2D eigenvalue weighted by molar-refractivity contribution is 0.166. The fourth-order valence-corrected chi connectivity index (χ4v) is 2.41. The SMILES string of the molecule is CCC(CC)N(CCBr)CCCCOC. The molecule has 0 aromatic heterocycles. The maximum Gasteiger partial charge on any atom is 0.0462 e. The number of nitrogens with zero attached hydrogens (tertiary/aromatic N) is 1. The van der Waals surface area contributed by atoms with E-state index in [1.165, 1.54) is 38.8 Å².